The number of nitrogens with two attached hydrogens (primary N) is 1. The molecule has 25 heavy (non-hydrogen) atoms. The van der Waals surface area contributed by atoms with Gasteiger partial charge in [0.2, 0.25) is 11.8 Å². The number of rotatable bonds is 4. The molecule has 9 heteroatoms. The lowest BCUT2D eigenvalue weighted by molar-refractivity contribution is -0.161. The number of β-lactam (4-membered cyclic amide) rings is 1. The Morgan fingerprint density at radius 2 is 1.92 bits per heavy atom. The molecule has 8 nitrogen and oxygen atoms in total. The summed E-state index contributed by atoms with van der Waals surface area (Å²) in [6.07, 6.45) is 0. The summed E-state index contributed by atoms with van der Waals surface area (Å²) in [4.78, 5) is 37.5. The topological polar surface area (TPSA) is 133 Å². The van der Waals surface area contributed by atoms with Gasteiger partial charge in [-0.3, -0.25) is 9.59 Å². The molecular weight excluding hydrogens is 346 g/mol. The van der Waals surface area contributed by atoms with Crippen LogP contribution in [0.5, 0.6) is 5.75 Å². The summed E-state index contributed by atoms with van der Waals surface area (Å²) in [6.45, 7) is 3.53. The van der Waals surface area contributed by atoms with Crippen LogP contribution in [0.3, 0.4) is 0 Å². The minimum Gasteiger partial charge on any atom is -0.508 e. The number of phenolic OH excluding ortho intramolecular Hbond substituents is 1. The Morgan fingerprint density at radius 3 is 2.48 bits per heavy atom. The second-order valence-electron chi connectivity index (χ2n) is 6.65. The van der Waals surface area contributed by atoms with Crippen LogP contribution in [0.1, 0.15) is 25.5 Å². The third-order valence-electron chi connectivity index (χ3n) is 4.51. The number of nitrogens with one attached hydrogen (secondary N) is 1. The van der Waals surface area contributed by atoms with Crippen LogP contribution in [0, 0.1) is 0 Å². The Hall–Kier alpha value is -2.26. The number of aliphatic carboxylic acids is 1. The fourth-order valence-corrected chi connectivity index (χ4v) is 4.85. The molecule has 0 radical (unpaired) electrons. The first kappa shape index (κ1) is 17.6. The standard InChI is InChI=1S/C16H19N3O5S/c1-16(2)11(15(23)24)19-13(22)10(14(19)25-16)18-12(21)9(17)7-3-5-8(20)6-4-7/h3-6,9-11,14,20H,17H2,1-2H3,(H,18,21)(H,23,24)/t9-,10-,11+,14-/m0/s1. The van der Waals surface area contributed by atoms with Crippen LogP contribution in [0.25, 0.3) is 0 Å². The average Bonchev–Trinajstić information content (AvgIpc) is 2.80. The number of hydrogen-bond acceptors (Lipinski definition) is 6. The fraction of sp³-hybridized carbons (Fsp3) is 0.438. The molecule has 2 aliphatic heterocycles. The summed E-state index contributed by atoms with van der Waals surface area (Å²) in [5, 5.41) is 20.9. The molecule has 3 rings (SSSR count). The first-order valence-electron chi connectivity index (χ1n) is 7.71. The molecule has 134 valence electrons. The number of carbonyl (C=O) groups excluding carboxylic acids is 2. The SMILES string of the molecule is CC1(C)S[C@H]2[C@@H](NC(=O)[C@@H](N)c3ccc(O)cc3)C(=O)N2[C@@H]1C(=O)O. The quantitative estimate of drug-likeness (QED) is 0.553. The largest absolute Gasteiger partial charge is 0.508 e. The number of carboxylic acids is 1. The molecule has 0 spiro atoms. The number of thioether (sulfide) groups is 1. The van der Waals surface area contributed by atoms with Crippen molar-refractivity contribution in [2.45, 2.75) is 42.1 Å². The smallest absolute Gasteiger partial charge is 0.327 e. The highest BCUT2D eigenvalue weighted by atomic mass is 32.2. The minimum atomic E-state index is -1.06. The van der Waals surface area contributed by atoms with Gasteiger partial charge in [0, 0.05) is 4.75 Å². The van der Waals surface area contributed by atoms with Gasteiger partial charge in [-0.2, -0.15) is 0 Å². The predicted molar refractivity (Wildman–Crippen MR) is 90.7 cm³/mol. The summed E-state index contributed by atoms with van der Waals surface area (Å²) < 4.78 is -0.648. The maximum atomic E-state index is 12.3. The first-order valence-corrected chi connectivity index (χ1v) is 8.59. The summed E-state index contributed by atoms with van der Waals surface area (Å²) >= 11 is 1.35. The predicted octanol–water partition coefficient (Wildman–Crippen LogP) is 0.0237. The maximum absolute atomic E-state index is 12.3. The molecule has 4 atom stereocenters. The molecule has 0 bridgehead atoms. The molecule has 2 heterocycles. The second-order valence-corrected chi connectivity index (χ2v) is 8.42. The maximum Gasteiger partial charge on any atom is 0.327 e. The molecule has 1 aromatic carbocycles. The Morgan fingerprint density at radius 1 is 1.32 bits per heavy atom. The van der Waals surface area contributed by atoms with Crippen molar-refractivity contribution in [3.63, 3.8) is 0 Å². The molecule has 2 fully saturated rings. The Balaban J connectivity index is 1.70. The van der Waals surface area contributed by atoms with Gasteiger partial charge in [0.05, 0.1) is 0 Å². The van der Waals surface area contributed by atoms with Crippen molar-refractivity contribution in [1.82, 2.24) is 10.2 Å². The zero-order valence-electron chi connectivity index (χ0n) is 13.7. The summed E-state index contributed by atoms with van der Waals surface area (Å²) in [5.41, 5.74) is 6.41. The Bertz CT molecular complexity index is 736. The van der Waals surface area contributed by atoms with Crippen LogP contribution in [-0.4, -0.2) is 55.1 Å². The van der Waals surface area contributed by atoms with Gasteiger partial charge in [0.25, 0.3) is 0 Å². The summed E-state index contributed by atoms with van der Waals surface area (Å²) in [6, 6.07) is 3.21. The van der Waals surface area contributed by atoms with E-state index in [1.165, 1.54) is 40.9 Å². The van der Waals surface area contributed by atoms with E-state index in [4.69, 9.17) is 5.73 Å². The number of carboxylic acid groups (broad SMARTS) is 1. The van der Waals surface area contributed by atoms with E-state index in [2.05, 4.69) is 5.32 Å². The molecular formula is C16H19N3O5S. The summed E-state index contributed by atoms with van der Waals surface area (Å²) in [7, 11) is 0. The fourth-order valence-electron chi connectivity index (χ4n) is 3.22. The van der Waals surface area contributed by atoms with E-state index in [0.717, 1.165) is 0 Å². The number of fused-ring (bicyclic) bond motifs is 1. The van der Waals surface area contributed by atoms with Crippen LogP contribution in [-0.2, 0) is 14.4 Å². The van der Waals surface area contributed by atoms with Crippen molar-refractivity contribution < 1.29 is 24.6 Å². The molecule has 0 unspecified atom stereocenters. The molecule has 2 saturated heterocycles. The molecule has 2 amide bonds. The highest BCUT2D eigenvalue weighted by molar-refractivity contribution is 8.01. The van der Waals surface area contributed by atoms with Gasteiger partial charge in [0.1, 0.15) is 29.2 Å². The highest BCUT2D eigenvalue weighted by Gasteiger charge is 2.64. The number of phenols is 1. The number of benzene rings is 1. The van der Waals surface area contributed by atoms with Gasteiger partial charge >= 0.3 is 5.97 Å². The van der Waals surface area contributed by atoms with Gasteiger partial charge < -0.3 is 26.2 Å². The Kier molecular flexibility index (Phi) is 4.16. The highest BCUT2D eigenvalue weighted by Crippen LogP contribution is 2.50. The Labute approximate surface area is 148 Å². The van der Waals surface area contributed by atoms with Gasteiger partial charge in [0.15, 0.2) is 0 Å². The number of amides is 2. The molecule has 2 aliphatic rings. The third kappa shape index (κ3) is 2.83. The number of aromatic hydroxyl groups is 1. The lowest BCUT2D eigenvalue weighted by Crippen LogP contribution is -2.71. The monoisotopic (exact) mass is 365 g/mol. The van der Waals surface area contributed by atoms with E-state index < -0.39 is 46.0 Å². The molecule has 5 N–H and O–H groups in total. The first-order chi connectivity index (χ1) is 11.6. The zero-order chi connectivity index (χ0) is 18.5. The lowest BCUT2D eigenvalue weighted by atomic mass is 9.95. The molecule has 1 aromatic rings. The van der Waals surface area contributed by atoms with Crippen LogP contribution in [0.15, 0.2) is 24.3 Å². The van der Waals surface area contributed by atoms with Gasteiger partial charge in [-0.1, -0.05) is 12.1 Å². The molecule has 0 aliphatic carbocycles. The number of hydrogen-bond donors (Lipinski definition) is 4. The van der Waals surface area contributed by atoms with E-state index in [0.29, 0.717) is 5.56 Å². The van der Waals surface area contributed by atoms with E-state index in [9.17, 15) is 24.6 Å². The average molecular weight is 365 g/mol. The molecule has 0 aromatic heterocycles. The van der Waals surface area contributed by atoms with Crippen molar-refractivity contribution >= 4 is 29.5 Å². The van der Waals surface area contributed by atoms with Gasteiger partial charge in [-0.05, 0) is 31.5 Å². The van der Waals surface area contributed by atoms with Gasteiger partial charge in [-0.15, -0.1) is 11.8 Å². The van der Waals surface area contributed by atoms with Crippen LogP contribution in [0.2, 0.25) is 0 Å². The molecule has 0 saturated carbocycles. The van der Waals surface area contributed by atoms with Crippen molar-refractivity contribution in [2.24, 2.45) is 5.73 Å². The summed E-state index contributed by atoms with van der Waals surface area (Å²) in [5.74, 6) is -1.94. The van der Waals surface area contributed by atoms with E-state index in [-0.39, 0.29) is 5.75 Å². The van der Waals surface area contributed by atoms with Crippen molar-refractivity contribution in [2.75, 3.05) is 0 Å². The van der Waals surface area contributed by atoms with Crippen molar-refractivity contribution in [3.8, 4) is 5.75 Å². The van der Waals surface area contributed by atoms with Gasteiger partial charge in [-0.25, -0.2) is 4.79 Å². The number of carbonyl (C=O) groups is 3. The van der Waals surface area contributed by atoms with E-state index >= 15 is 0 Å². The van der Waals surface area contributed by atoms with E-state index in [1.807, 2.05) is 0 Å². The zero-order valence-corrected chi connectivity index (χ0v) is 14.5. The van der Waals surface area contributed by atoms with Crippen molar-refractivity contribution in [3.05, 3.63) is 29.8 Å². The van der Waals surface area contributed by atoms with Crippen LogP contribution in [0.4, 0.5) is 0 Å². The van der Waals surface area contributed by atoms with E-state index in [1.54, 1.807) is 13.8 Å². The van der Waals surface area contributed by atoms with Crippen LogP contribution >= 0.6 is 11.8 Å². The lowest BCUT2D eigenvalue weighted by Gasteiger charge is -2.43. The normalized spacial score (nSPS) is 28.0. The third-order valence-corrected chi connectivity index (χ3v) is 6.08. The van der Waals surface area contributed by atoms with Crippen LogP contribution < -0.4 is 11.1 Å². The second kappa shape index (κ2) is 5.92. The minimum absolute atomic E-state index is 0.0606. The van der Waals surface area contributed by atoms with Crippen molar-refractivity contribution in [1.29, 1.82) is 0 Å². The number of nitrogens with zero attached hydrogens (tertiary/aromatic N) is 1.